The molecule has 0 amide bonds. The Morgan fingerprint density at radius 2 is 1.18 bits per heavy atom. The van der Waals surface area contributed by atoms with Crippen molar-refractivity contribution in [1.82, 2.24) is 14.5 Å². The Kier molecular flexibility index (Phi) is 4.43. The van der Waals surface area contributed by atoms with Gasteiger partial charge in [-0.3, -0.25) is 0 Å². The van der Waals surface area contributed by atoms with E-state index < -0.39 is 78.2 Å². The van der Waals surface area contributed by atoms with Crippen molar-refractivity contribution < 1.29 is 16.4 Å². The Labute approximate surface area is 310 Å². The highest BCUT2D eigenvalue weighted by Crippen LogP contribution is 2.42. The first-order valence-electron chi connectivity index (χ1n) is 21.9. The molecule has 3 aromatic heterocycles. The van der Waals surface area contributed by atoms with E-state index in [4.69, 9.17) is 20.9 Å². The van der Waals surface area contributed by atoms with Crippen LogP contribution in [0.3, 0.4) is 0 Å². The second kappa shape index (κ2) is 11.7. The molecule has 0 saturated heterocycles. The number of rotatable bonds is 5. The Balaban J connectivity index is 1.36. The van der Waals surface area contributed by atoms with Crippen LogP contribution in [0.2, 0.25) is 0 Å². The summed E-state index contributed by atoms with van der Waals surface area (Å²) in [4.78, 5) is 10.1. The molecule has 0 radical (unpaired) electrons. The zero-order valence-electron chi connectivity index (χ0n) is 38.1. The zero-order chi connectivity index (χ0) is 43.5. The van der Waals surface area contributed by atoms with Gasteiger partial charge >= 0.3 is 0 Å². The smallest absolute Gasteiger partial charge is 0.160 e. The van der Waals surface area contributed by atoms with Crippen molar-refractivity contribution in [3.63, 3.8) is 0 Å². The first-order valence-corrected chi connectivity index (χ1v) is 16.7. The number of fused-ring (bicyclic) bond motifs is 6. The Hall–Kier alpha value is -6.36. The molecule has 10 aromatic rings. The molecule has 4 heteroatoms. The van der Waals surface area contributed by atoms with Crippen LogP contribution in [0, 0.1) is 0 Å². The average Bonchev–Trinajstić information content (AvgIpc) is 3.85. The molecule has 0 atom stereocenters. The van der Waals surface area contributed by atoms with Crippen molar-refractivity contribution in [2.45, 2.75) is 0 Å². The Morgan fingerprint density at radius 1 is 0.500 bits per heavy atom. The van der Waals surface area contributed by atoms with E-state index in [2.05, 4.69) is 6.07 Å². The standard InChI is InChI=1S/C46H29N3S/c1-3-13-30(14-4-1)31-25-27-32(28-26-31)46-47-39(29-40(48-46)37-21-11-19-35-34-17-8-10-24-43(34)50-45(35)37)36-20-12-23-42-44(36)38-18-7-9-22-41(38)49(42)33-15-5-2-6-16-33/h1-29H/i2D,5D,6D,7D,9D,12D,15D,16D,18D,20D,22D,23D. The first kappa shape index (κ1) is 19.0. The van der Waals surface area contributed by atoms with Gasteiger partial charge in [0.2, 0.25) is 0 Å². The molecule has 3 nitrogen and oxygen atoms in total. The van der Waals surface area contributed by atoms with Crippen LogP contribution in [-0.4, -0.2) is 14.5 Å². The quantitative estimate of drug-likeness (QED) is 0.183. The van der Waals surface area contributed by atoms with Gasteiger partial charge in [-0.2, -0.15) is 0 Å². The summed E-state index contributed by atoms with van der Waals surface area (Å²) in [6, 6.07) is 25.6. The third kappa shape index (κ3) is 4.65. The SMILES string of the molecule is [2H]c1c([2H])c([2H])c(-n2c3c([2H])c([2H])c([2H])c([2H])c3c3c(-c4cc(-c5cccc6c5sc5ccccc56)nc(-c5ccc(-c6ccccc6)cc5)n4)c([2H])c([2H])c([2H])c32)c([2H])c1[2H]. The normalized spacial score (nSPS) is 15.0. The fourth-order valence-electron chi connectivity index (χ4n) is 6.58. The van der Waals surface area contributed by atoms with Crippen LogP contribution in [0.4, 0.5) is 0 Å². The molecule has 0 N–H and O–H groups in total. The summed E-state index contributed by atoms with van der Waals surface area (Å²) in [5, 5.41) is 1.83. The number of hydrogen-bond donors (Lipinski definition) is 0. The van der Waals surface area contributed by atoms with Crippen LogP contribution in [0.5, 0.6) is 0 Å². The van der Waals surface area contributed by atoms with Gasteiger partial charge in [0.05, 0.1) is 38.9 Å². The monoisotopic (exact) mass is 667 g/mol. The number of benzene rings is 7. The van der Waals surface area contributed by atoms with E-state index in [1.165, 1.54) is 0 Å². The lowest BCUT2D eigenvalue weighted by Crippen LogP contribution is -1.97. The van der Waals surface area contributed by atoms with Crippen LogP contribution in [0.25, 0.3) is 92.7 Å². The fraction of sp³-hybridized carbons (Fsp3) is 0. The van der Waals surface area contributed by atoms with E-state index in [9.17, 15) is 5.48 Å². The van der Waals surface area contributed by atoms with Gasteiger partial charge in [-0.1, -0.05) is 139 Å². The van der Waals surface area contributed by atoms with Crippen LogP contribution < -0.4 is 0 Å². The molecule has 0 fully saturated rings. The van der Waals surface area contributed by atoms with Gasteiger partial charge in [0.1, 0.15) is 0 Å². The molecule has 10 rings (SSSR count). The maximum absolute atomic E-state index is 9.50. The molecule has 0 aliphatic carbocycles. The molecular formula is C46H29N3S. The summed E-state index contributed by atoms with van der Waals surface area (Å²) in [7, 11) is 0. The summed E-state index contributed by atoms with van der Waals surface area (Å²) >= 11 is 1.59. The van der Waals surface area contributed by atoms with E-state index in [1.807, 2.05) is 91.0 Å². The zero-order valence-corrected chi connectivity index (χ0v) is 26.9. The van der Waals surface area contributed by atoms with Crippen LogP contribution >= 0.6 is 11.3 Å². The Bertz CT molecular complexity index is 3520. The third-order valence-corrected chi connectivity index (χ3v) is 10.1. The van der Waals surface area contributed by atoms with E-state index in [1.54, 1.807) is 17.4 Å². The van der Waals surface area contributed by atoms with E-state index in [0.29, 0.717) is 11.3 Å². The average molecular weight is 668 g/mol. The molecule has 0 aliphatic rings. The minimum absolute atomic E-state index is 0.0588. The molecule has 3 heterocycles. The second-order valence-electron chi connectivity index (χ2n) is 11.7. The van der Waals surface area contributed by atoms with Crippen LogP contribution in [0.15, 0.2) is 176 Å². The summed E-state index contributed by atoms with van der Waals surface area (Å²) in [5.41, 5.74) is 2.82. The molecule has 0 aliphatic heterocycles. The van der Waals surface area contributed by atoms with Gasteiger partial charge in [-0.05, 0) is 47.4 Å². The second-order valence-corrected chi connectivity index (χ2v) is 12.7. The van der Waals surface area contributed by atoms with Crippen molar-refractivity contribution in [2.24, 2.45) is 0 Å². The predicted molar refractivity (Wildman–Crippen MR) is 211 cm³/mol. The van der Waals surface area contributed by atoms with Gasteiger partial charge in [-0.25, -0.2) is 9.97 Å². The molecule has 7 aromatic carbocycles. The lowest BCUT2D eigenvalue weighted by molar-refractivity contribution is 1.18. The van der Waals surface area contributed by atoms with Crippen molar-refractivity contribution in [3.8, 4) is 50.7 Å². The summed E-state index contributed by atoms with van der Waals surface area (Å²) in [5.74, 6) is 0.250. The third-order valence-electron chi connectivity index (χ3n) is 8.84. The van der Waals surface area contributed by atoms with Crippen molar-refractivity contribution in [3.05, 3.63) is 176 Å². The molecule has 0 bridgehead atoms. The van der Waals surface area contributed by atoms with E-state index >= 15 is 0 Å². The minimum atomic E-state index is -0.703. The highest BCUT2D eigenvalue weighted by molar-refractivity contribution is 7.26. The van der Waals surface area contributed by atoms with Gasteiger partial charge < -0.3 is 4.57 Å². The summed E-state index contributed by atoms with van der Waals surface area (Å²) in [6.45, 7) is 0. The highest BCUT2D eigenvalue weighted by atomic mass is 32.1. The van der Waals surface area contributed by atoms with Crippen molar-refractivity contribution in [2.75, 3.05) is 0 Å². The van der Waals surface area contributed by atoms with Gasteiger partial charge in [0.15, 0.2) is 5.82 Å². The first-order chi connectivity index (χ1) is 29.8. The molecule has 50 heavy (non-hydrogen) atoms. The number of thiophene rings is 1. The van der Waals surface area contributed by atoms with E-state index in [-0.39, 0.29) is 38.9 Å². The molecule has 0 spiro atoms. The number of nitrogens with zero attached hydrogens (tertiary/aromatic N) is 3. The summed E-state index contributed by atoms with van der Waals surface area (Å²) < 4.78 is 110. The Morgan fingerprint density at radius 3 is 2.04 bits per heavy atom. The fourth-order valence-corrected chi connectivity index (χ4v) is 7.80. The van der Waals surface area contributed by atoms with Crippen LogP contribution in [-0.2, 0) is 0 Å². The molecule has 234 valence electrons. The topological polar surface area (TPSA) is 30.7 Å². The molecule has 0 saturated carbocycles. The molecular weight excluding hydrogens is 627 g/mol. The maximum atomic E-state index is 9.50. The lowest BCUT2D eigenvalue weighted by atomic mass is 10.0. The number of hydrogen-bond acceptors (Lipinski definition) is 3. The lowest BCUT2D eigenvalue weighted by Gasteiger charge is -2.12. The summed E-state index contributed by atoms with van der Waals surface area (Å²) in [6.07, 6.45) is 0. The largest absolute Gasteiger partial charge is 0.309 e. The van der Waals surface area contributed by atoms with Crippen LogP contribution in [0.1, 0.15) is 16.4 Å². The van der Waals surface area contributed by atoms with Gasteiger partial charge in [0, 0.05) is 53.3 Å². The number of aromatic nitrogens is 3. The van der Waals surface area contributed by atoms with Gasteiger partial charge in [0.25, 0.3) is 0 Å². The highest BCUT2D eigenvalue weighted by Gasteiger charge is 2.20. The van der Waals surface area contributed by atoms with Crippen molar-refractivity contribution in [1.29, 1.82) is 0 Å². The van der Waals surface area contributed by atoms with E-state index in [0.717, 1.165) is 41.4 Å². The van der Waals surface area contributed by atoms with Crippen molar-refractivity contribution >= 4 is 53.3 Å². The minimum Gasteiger partial charge on any atom is -0.309 e. The maximum Gasteiger partial charge on any atom is 0.160 e. The number of para-hydroxylation sites is 2. The molecule has 0 unspecified atom stereocenters. The van der Waals surface area contributed by atoms with Gasteiger partial charge in [-0.15, -0.1) is 11.3 Å². The predicted octanol–water partition coefficient (Wildman–Crippen LogP) is 12.6.